The van der Waals surface area contributed by atoms with Gasteiger partial charge in [0.05, 0.1) is 11.4 Å². The van der Waals surface area contributed by atoms with Crippen LogP contribution in [0, 0.1) is 5.82 Å². The van der Waals surface area contributed by atoms with Crippen LogP contribution in [0.2, 0.25) is 0 Å². The average Bonchev–Trinajstić information content (AvgIpc) is 3.52. The summed E-state index contributed by atoms with van der Waals surface area (Å²) in [6.07, 6.45) is 5.16. The highest BCUT2D eigenvalue weighted by molar-refractivity contribution is 7.89. The summed E-state index contributed by atoms with van der Waals surface area (Å²) in [4.78, 5) is 19.9. The lowest BCUT2D eigenvalue weighted by molar-refractivity contribution is -0.119. The molecule has 0 saturated carbocycles. The van der Waals surface area contributed by atoms with Gasteiger partial charge in [-0.3, -0.25) is 4.79 Å². The SMILES string of the molecule is C[C@@H](CC(=O)N(Cc1nccn1C)c1ccc2c(c1)[C@H](NS(=O)(=O)c1ccc(F)cc1)CC2)c1ccccc1. The van der Waals surface area contributed by atoms with E-state index in [1.165, 1.54) is 12.1 Å². The zero-order valence-electron chi connectivity index (χ0n) is 21.9. The highest BCUT2D eigenvalue weighted by atomic mass is 32.2. The monoisotopic (exact) mass is 546 g/mol. The van der Waals surface area contributed by atoms with Crippen molar-refractivity contribution < 1.29 is 17.6 Å². The lowest BCUT2D eigenvalue weighted by Gasteiger charge is -2.26. The Labute approximate surface area is 228 Å². The number of hydrogen-bond acceptors (Lipinski definition) is 4. The third-order valence-corrected chi connectivity index (χ3v) is 8.80. The minimum absolute atomic E-state index is 0.00925. The predicted octanol–water partition coefficient (Wildman–Crippen LogP) is 5.25. The molecule has 1 N–H and O–H groups in total. The fourth-order valence-corrected chi connectivity index (χ4v) is 6.28. The standard InChI is InChI=1S/C30H31FN4O3S/c1-21(22-6-4-3-5-7-22)18-30(36)35(20-29-32-16-17-34(29)2)25-12-8-23-9-15-28(27(23)19-25)33-39(37,38)26-13-10-24(31)11-14-26/h3-8,10-14,16-17,19,21,28,33H,9,15,18,20H2,1-2H3/t21-,28+/m0/s1. The molecule has 1 heterocycles. The molecule has 1 aliphatic carbocycles. The van der Waals surface area contributed by atoms with Crippen molar-refractivity contribution in [2.75, 3.05) is 4.90 Å². The fourth-order valence-electron chi connectivity index (χ4n) is 5.03. The number of halogens is 1. The number of rotatable bonds is 9. The van der Waals surface area contributed by atoms with Gasteiger partial charge in [0, 0.05) is 37.6 Å². The second-order valence-corrected chi connectivity index (χ2v) is 11.7. The van der Waals surface area contributed by atoms with Crippen LogP contribution in [0.5, 0.6) is 0 Å². The molecule has 0 saturated heterocycles. The van der Waals surface area contributed by atoms with Gasteiger partial charge in [-0.2, -0.15) is 0 Å². The number of carbonyl (C=O) groups is 1. The lowest BCUT2D eigenvalue weighted by atomic mass is 9.97. The number of hydrogen-bond donors (Lipinski definition) is 1. The summed E-state index contributed by atoms with van der Waals surface area (Å²) in [6.45, 7) is 2.32. The van der Waals surface area contributed by atoms with Gasteiger partial charge >= 0.3 is 0 Å². The first-order valence-corrected chi connectivity index (χ1v) is 14.4. The van der Waals surface area contributed by atoms with E-state index in [4.69, 9.17) is 0 Å². The molecule has 0 unspecified atom stereocenters. The van der Waals surface area contributed by atoms with Gasteiger partial charge in [0.1, 0.15) is 11.6 Å². The van der Waals surface area contributed by atoms with Crippen molar-refractivity contribution in [3.05, 3.63) is 114 Å². The van der Waals surface area contributed by atoms with Crippen molar-refractivity contribution in [3.63, 3.8) is 0 Å². The van der Waals surface area contributed by atoms with Crippen LogP contribution in [0.15, 0.2) is 90.1 Å². The van der Waals surface area contributed by atoms with Crippen molar-refractivity contribution in [3.8, 4) is 0 Å². The van der Waals surface area contributed by atoms with E-state index in [0.29, 0.717) is 24.9 Å². The first-order valence-electron chi connectivity index (χ1n) is 12.9. The van der Waals surface area contributed by atoms with Crippen LogP contribution in [-0.4, -0.2) is 23.9 Å². The quantitative estimate of drug-likeness (QED) is 0.311. The number of nitrogens with one attached hydrogen (secondary N) is 1. The number of aromatic nitrogens is 2. The van der Waals surface area contributed by atoms with Gasteiger partial charge in [-0.05, 0) is 71.8 Å². The number of imidazole rings is 1. The summed E-state index contributed by atoms with van der Waals surface area (Å²) in [5, 5.41) is 0. The zero-order valence-corrected chi connectivity index (χ0v) is 22.7. The molecule has 3 aromatic carbocycles. The number of anilines is 1. The maximum absolute atomic E-state index is 13.7. The largest absolute Gasteiger partial charge is 0.337 e. The summed E-state index contributed by atoms with van der Waals surface area (Å²) in [5.74, 6) is 0.219. The van der Waals surface area contributed by atoms with Crippen molar-refractivity contribution in [2.24, 2.45) is 7.05 Å². The highest BCUT2D eigenvalue weighted by Gasteiger charge is 2.29. The number of sulfonamides is 1. The number of amides is 1. The Morgan fingerprint density at radius 3 is 2.56 bits per heavy atom. The van der Waals surface area contributed by atoms with E-state index in [1.54, 1.807) is 11.1 Å². The van der Waals surface area contributed by atoms with Crippen LogP contribution in [-0.2, 0) is 34.8 Å². The first-order chi connectivity index (χ1) is 18.7. The van der Waals surface area contributed by atoms with Crippen LogP contribution >= 0.6 is 0 Å². The first kappa shape index (κ1) is 26.8. The highest BCUT2D eigenvalue weighted by Crippen LogP contribution is 2.36. The van der Waals surface area contributed by atoms with Crippen LogP contribution in [0.1, 0.15) is 54.2 Å². The van der Waals surface area contributed by atoms with Crippen LogP contribution in [0.4, 0.5) is 10.1 Å². The number of aryl methyl sites for hydroxylation is 2. The van der Waals surface area contributed by atoms with Crippen LogP contribution in [0.25, 0.3) is 0 Å². The molecule has 2 atom stereocenters. The van der Waals surface area contributed by atoms with Crippen molar-refractivity contribution >= 4 is 21.6 Å². The Balaban J connectivity index is 1.43. The summed E-state index contributed by atoms with van der Waals surface area (Å²) >= 11 is 0. The van der Waals surface area contributed by atoms with E-state index < -0.39 is 21.9 Å². The minimum atomic E-state index is -3.86. The number of nitrogens with zero attached hydrogens (tertiary/aromatic N) is 3. The Kier molecular flexibility index (Phi) is 7.63. The van der Waals surface area contributed by atoms with E-state index in [9.17, 15) is 17.6 Å². The van der Waals surface area contributed by atoms with Gasteiger partial charge in [0.25, 0.3) is 0 Å². The fraction of sp³-hybridized carbons (Fsp3) is 0.267. The van der Waals surface area contributed by atoms with Crippen LogP contribution < -0.4 is 9.62 Å². The maximum Gasteiger partial charge on any atom is 0.241 e. The van der Waals surface area contributed by atoms with Gasteiger partial charge in [-0.25, -0.2) is 22.5 Å². The Bertz CT molecular complexity index is 1570. The van der Waals surface area contributed by atoms with Gasteiger partial charge in [-0.1, -0.05) is 43.3 Å². The third-order valence-electron chi connectivity index (χ3n) is 7.31. The second-order valence-electron chi connectivity index (χ2n) is 10.00. The zero-order chi connectivity index (χ0) is 27.6. The molecule has 4 aromatic rings. The number of fused-ring (bicyclic) bond motifs is 1. The molecule has 1 amide bonds. The molecular formula is C30H31FN4O3S. The molecule has 0 fully saturated rings. The molecule has 0 radical (unpaired) electrons. The Morgan fingerprint density at radius 1 is 1.13 bits per heavy atom. The van der Waals surface area contributed by atoms with E-state index in [0.717, 1.165) is 34.6 Å². The summed E-state index contributed by atoms with van der Waals surface area (Å²) in [7, 11) is -1.97. The number of carbonyl (C=O) groups excluding carboxylic acids is 1. The molecule has 5 rings (SSSR count). The lowest BCUT2D eigenvalue weighted by Crippen LogP contribution is -2.32. The van der Waals surface area contributed by atoms with E-state index in [2.05, 4.69) is 9.71 Å². The normalized spacial score (nSPS) is 15.6. The maximum atomic E-state index is 13.7. The topological polar surface area (TPSA) is 84.3 Å². The summed E-state index contributed by atoms with van der Waals surface area (Å²) < 4.78 is 44.1. The molecule has 202 valence electrons. The summed E-state index contributed by atoms with van der Waals surface area (Å²) in [6, 6.07) is 20.1. The van der Waals surface area contributed by atoms with Crippen molar-refractivity contribution in [1.82, 2.24) is 14.3 Å². The number of benzene rings is 3. The molecule has 0 spiro atoms. The Morgan fingerprint density at radius 2 is 1.87 bits per heavy atom. The summed E-state index contributed by atoms with van der Waals surface area (Å²) in [5.41, 5.74) is 3.65. The van der Waals surface area contributed by atoms with E-state index in [-0.39, 0.29) is 23.3 Å². The molecule has 0 bridgehead atoms. The smallest absolute Gasteiger partial charge is 0.241 e. The molecular weight excluding hydrogens is 515 g/mol. The van der Waals surface area contributed by atoms with Gasteiger partial charge < -0.3 is 9.47 Å². The third kappa shape index (κ3) is 5.94. The molecule has 1 aliphatic rings. The van der Waals surface area contributed by atoms with Crippen molar-refractivity contribution in [2.45, 2.75) is 49.6 Å². The van der Waals surface area contributed by atoms with Gasteiger partial charge in [0.2, 0.25) is 15.9 Å². The van der Waals surface area contributed by atoms with Crippen molar-refractivity contribution in [1.29, 1.82) is 0 Å². The molecule has 1 aromatic heterocycles. The van der Waals surface area contributed by atoms with E-state index in [1.807, 2.05) is 73.3 Å². The van der Waals surface area contributed by atoms with Gasteiger partial charge in [-0.15, -0.1) is 0 Å². The minimum Gasteiger partial charge on any atom is -0.337 e. The molecule has 9 heteroatoms. The van der Waals surface area contributed by atoms with Crippen LogP contribution in [0.3, 0.4) is 0 Å². The average molecular weight is 547 g/mol. The molecule has 7 nitrogen and oxygen atoms in total. The molecule has 0 aliphatic heterocycles. The Hall–Kier alpha value is -3.82. The van der Waals surface area contributed by atoms with Gasteiger partial charge in [0.15, 0.2) is 0 Å². The molecule has 39 heavy (non-hydrogen) atoms. The predicted molar refractivity (Wildman–Crippen MR) is 148 cm³/mol. The van der Waals surface area contributed by atoms with E-state index >= 15 is 0 Å². The second kappa shape index (κ2) is 11.1.